The van der Waals surface area contributed by atoms with Crippen LogP contribution in [0.3, 0.4) is 0 Å². The van der Waals surface area contributed by atoms with E-state index in [1.165, 1.54) is 6.26 Å². The standard InChI is InChI=1S/C12H9BrO4/c13-9-3-1-2-4-10(9)17-7-8-5-6-16-11(8)12(14)15/h1-6H,7H2,(H,14,15). The maximum Gasteiger partial charge on any atom is 0.372 e. The van der Waals surface area contributed by atoms with Crippen LogP contribution in [0.1, 0.15) is 16.1 Å². The quantitative estimate of drug-likeness (QED) is 0.940. The first-order valence-corrected chi connectivity index (χ1v) is 5.65. The van der Waals surface area contributed by atoms with E-state index in [1.807, 2.05) is 18.2 Å². The summed E-state index contributed by atoms with van der Waals surface area (Å²) in [4.78, 5) is 10.8. The van der Waals surface area contributed by atoms with Gasteiger partial charge in [-0.1, -0.05) is 12.1 Å². The van der Waals surface area contributed by atoms with Gasteiger partial charge in [0.05, 0.1) is 10.7 Å². The van der Waals surface area contributed by atoms with Crippen molar-refractivity contribution in [3.05, 3.63) is 52.4 Å². The van der Waals surface area contributed by atoms with E-state index in [2.05, 4.69) is 15.9 Å². The molecule has 0 fully saturated rings. The fraction of sp³-hybridized carbons (Fsp3) is 0.0833. The molecule has 1 N–H and O–H groups in total. The van der Waals surface area contributed by atoms with Crippen molar-refractivity contribution in [2.24, 2.45) is 0 Å². The van der Waals surface area contributed by atoms with E-state index in [0.717, 1.165) is 4.47 Å². The summed E-state index contributed by atoms with van der Waals surface area (Å²) in [6.45, 7) is 0.154. The molecular formula is C12H9BrO4. The number of aromatic carboxylic acids is 1. The molecule has 0 aliphatic carbocycles. The molecule has 0 saturated heterocycles. The minimum atomic E-state index is -1.10. The Balaban J connectivity index is 2.10. The number of ether oxygens (including phenoxy) is 1. The second-order valence-electron chi connectivity index (χ2n) is 3.30. The van der Waals surface area contributed by atoms with Gasteiger partial charge in [-0.05, 0) is 34.1 Å². The van der Waals surface area contributed by atoms with Crippen LogP contribution in [0.4, 0.5) is 0 Å². The van der Waals surface area contributed by atoms with E-state index in [4.69, 9.17) is 14.3 Å². The summed E-state index contributed by atoms with van der Waals surface area (Å²) in [5.74, 6) is -0.525. The molecule has 0 spiro atoms. The highest BCUT2D eigenvalue weighted by Gasteiger charge is 2.14. The highest BCUT2D eigenvalue weighted by Crippen LogP contribution is 2.25. The summed E-state index contributed by atoms with van der Waals surface area (Å²) in [6.07, 6.45) is 1.34. The molecule has 2 rings (SSSR count). The van der Waals surface area contributed by atoms with E-state index in [0.29, 0.717) is 11.3 Å². The first kappa shape index (κ1) is 11.7. The fourth-order valence-corrected chi connectivity index (χ4v) is 1.75. The molecule has 0 radical (unpaired) electrons. The second-order valence-corrected chi connectivity index (χ2v) is 4.15. The molecule has 1 aromatic heterocycles. The highest BCUT2D eigenvalue weighted by atomic mass is 79.9. The van der Waals surface area contributed by atoms with E-state index >= 15 is 0 Å². The smallest absolute Gasteiger partial charge is 0.372 e. The van der Waals surface area contributed by atoms with Gasteiger partial charge in [0.15, 0.2) is 0 Å². The zero-order chi connectivity index (χ0) is 12.3. The van der Waals surface area contributed by atoms with Gasteiger partial charge in [0.2, 0.25) is 5.76 Å². The molecule has 0 aliphatic heterocycles. The molecule has 1 heterocycles. The van der Waals surface area contributed by atoms with Crippen LogP contribution in [0, 0.1) is 0 Å². The van der Waals surface area contributed by atoms with Crippen LogP contribution in [-0.4, -0.2) is 11.1 Å². The Labute approximate surface area is 106 Å². The molecular weight excluding hydrogens is 288 g/mol. The van der Waals surface area contributed by atoms with Gasteiger partial charge < -0.3 is 14.3 Å². The predicted molar refractivity (Wildman–Crippen MR) is 64.1 cm³/mol. The molecule has 2 aromatic rings. The number of benzene rings is 1. The fourth-order valence-electron chi connectivity index (χ4n) is 1.35. The Morgan fingerprint density at radius 2 is 2.12 bits per heavy atom. The van der Waals surface area contributed by atoms with Gasteiger partial charge in [0, 0.05) is 5.56 Å². The Kier molecular flexibility index (Phi) is 3.49. The molecule has 0 amide bonds. The lowest BCUT2D eigenvalue weighted by Crippen LogP contribution is -2.02. The first-order valence-electron chi connectivity index (χ1n) is 4.85. The number of carboxylic acids is 1. The Morgan fingerprint density at radius 3 is 2.82 bits per heavy atom. The van der Waals surface area contributed by atoms with Crippen LogP contribution in [0.15, 0.2) is 45.5 Å². The lowest BCUT2D eigenvalue weighted by atomic mass is 10.2. The van der Waals surface area contributed by atoms with Crippen molar-refractivity contribution in [1.29, 1.82) is 0 Å². The van der Waals surface area contributed by atoms with Crippen LogP contribution in [0.25, 0.3) is 0 Å². The molecule has 0 unspecified atom stereocenters. The lowest BCUT2D eigenvalue weighted by Gasteiger charge is -2.06. The maximum absolute atomic E-state index is 10.8. The summed E-state index contributed by atoms with van der Waals surface area (Å²) < 4.78 is 11.2. The van der Waals surface area contributed by atoms with Crippen LogP contribution in [0.5, 0.6) is 5.75 Å². The minimum absolute atomic E-state index is 0.0861. The van der Waals surface area contributed by atoms with E-state index in [9.17, 15) is 4.79 Å². The molecule has 1 aromatic carbocycles. The number of furan rings is 1. The van der Waals surface area contributed by atoms with Crippen molar-refractivity contribution >= 4 is 21.9 Å². The van der Waals surface area contributed by atoms with Gasteiger partial charge in [0.1, 0.15) is 12.4 Å². The molecule has 4 nitrogen and oxygen atoms in total. The summed E-state index contributed by atoms with van der Waals surface area (Å²) >= 11 is 3.34. The Bertz CT molecular complexity index is 533. The number of carbonyl (C=O) groups is 1. The molecule has 0 aliphatic rings. The SMILES string of the molecule is O=C(O)c1occc1COc1ccccc1Br. The van der Waals surface area contributed by atoms with Crippen molar-refractivity contribution in [3.63, 3.8) is 0 Å². The summed E-state index contributed by atoms with van der Waals surface area (Å²) in [7, 11) is 0. The number of hydrogen-bond donors (Lipinski definition) is 1. The predicted octanol–water partition coefficient (Wildman–Crippen LogP) is 3.32. The molecule has 0 atom stereocenters. The third kappa shape index (κ3) is 2.68. The number of hydrogen-bond acceptors (Lipinski definition) is 3. The normalized spacial score (nSPS) is 10.2. The molecule has 5 heteroatoms. The third-order valence-electron chi connectivity index (χ3n) is 2.16. The molecule has 0 saturated carbocycles. The van der Waals surface area contributed by atoms with Crippen molar-refractivity contribution in [2.45, 2.75) is 6.61 Å². The van der Waals surface area contributed by atoms with Crippen molar-refractivity contribution in [3.8, 4) is 5.75 Å². The van der Waals surface area contributed by atoms with E-state index < -0.39 is 5.97 Å². The van der Waals surface area contributed by atoms with Crippen molar-refractivity contribution in [1.82, 2.24) is 0 Å². The Morgan fingerprint density at radius 1 is 1.35 bits per heavy atom. The highest BCUT2D eigenvalue weighted by molar-refractivity contribution is 9.10. The third-order valence-corrected chi connectivity index (χ3v) is 2.82. The zero-order valence-corrected chi connectivity index (χ0v) is 10.3. The van der Waals surface area contributed by atoms with E-state index in [-0.39, 0.29) is 12.4 Å². The van der Waals surface area contributed by atoms with Gasteiger partial charge in [-0.15, -0.1) is 0 Å². The minimum Gasteiger partial charge on any atom is -0.488 e. The van der Waals surface area contributed by atoms with Crippen LogP contribution in [0.2, 0.25) is 0 Å². The van der Waals surface area contributed by atoms with Gasteiger partial charge >= 0.3 is 5.97 Å². The molecule has 88 valence electrons. The summed E-state index contributed by atoms with van der Waals surface area (Å²) in [6, 6.07) is 8.94. The monoisotopic (exact) mass is 296 g/mol. The van der Waals surface area contributed by atoms with Crippen molar-refractivity contribution < 1.29 is 19.1 Å². The first-order chi connectivity index (χ1) is 8.18. The summed E-state index contributed by atoms with van der Waals surface area (Å²) in [5, 5.41) is 8.85. The van der Waals surface area contributed by atoms with Gasteiger partial charge in [-0.3, -0.25) is 0 Å². The maximum atomic E-state index is 10.8. The van der Waals surface area contributed by atoms with Gasteiger partial charge in [-0.25, -0.2) is 4.79 Å². The van der Waals surface area contributed by atoms with Crippen LogP contribution >= 0.6 is 15.9 Å². The van der Waals surface area contributed by atoms with Crippen molar-refractivity contribution in [2.75, 3.05) is 0 Å². The van der Waals surface area contributed by atoms with E-state index in [1.54, 1.807) is 12.1 Å². The zero-order valence-electron chi connectivity index (χ0n) is 8.72. The lowest BCUT2D eigenvalue weighted by molar-refractivity contribution is 0.0658. The van der Waals surface area contributed by atoms with Crippen LogP contribution in [-0.2, 0) is 6.61 Å². The Hall–Kier alpha value is -1.75. The van der Waals surface area contributed by atoms with Crippen LogP contribution < -0.4 is 4.74 Å². The largest absolute Gasteiger partial charge is 0.488 e. The number of carboxylic acid groups (broad SMARTS) is 1. The number of halogens is 1. The average Bonchev–Trinajstić information content (AvgIpc) is 2.76. The average molecular weight is 297 g/mol. The topological polar surface area (TPSA) is 59.7 Å². The molecule has 0 bridgehead atoms. The summed E-state index contributed by atoms with van der Waals surface area (Å²) in [5.41, 5.74) is 0.508. The number of rotatable bonds is 4. The molecule has 17 heavy (non-hydrogen) atoms. The van der Waals surface area contributed by atoms with Gasteiger partial charge in [0.25, 0.3) is 0 Å². The second kappa shape index (κ2) is 5.05. The van der Waals surface area contributed by atoms with Gasteiger partial charge in [-0.2, -0.15) is 0 Å². The number of para-hydroxylation sites is 1.